The monoisotopic (exact) mass is 486 g/mol. The van der Waals surface area contributed by atoms with Crippen LogP contribution in [0.15, 0.2) is 78.9 Å². The average Bonchev–Trinajstić information content (AvgIpc) is 2.91. The van der Waals surface area contributed by atoms with Gasteiger partial charge in [0.05, 0.1) is 5.56 Å². The Hall–Kier alpha value is -3.68. The van der Waals surface area contributed by atoms with E-state index in [9.17, 15) is 9.59 Å². The number of hydrogen-bond acceptors (Lipinski definition) is 5. The molecule has 0 saturated carbocycles. The molecule has 4 rings (SSSR count). The van der Waals surface area contributed by atoms with E-state index in [1.807, 2.05) is 18.2 Å². The fourth-order valence-corrected chi connectivity index (χ4v) is 4.38. The minimum atomic E-state index is -0.534. The minimum Gasteiger partial charge on any atom is -0.488 e. The molecule has 3 aromatic carbocycles. The van der Waals surface area contributed by atoms with Crippen molar-refractivity contribution in [1.82, 2.24) is 15.1 Å². The maximum Gasteiger partial charge on any atom is 0.252 e. The third-order valence-electron chi connectivity index (χ3n) is 6.39. The lowest BCUT2D eigenvalue weighted by Gasteiger charge is -2.34. The Bertz CT molecular complexity index is 1140. The van der Waals surface area contributed by atoms with Gasteiger partial charge in [-0.15, -0.1) is 0 Å². The molecule has 36 heavy (non-hydrogen) atoms. The molecule has 1 aliphatic heterocycles. The maximum absolute atomic E-state index is 12.6. The number of piperazine rings is 1. The molecule has 0 bridgehead atoms. The van der Waals surface area contributed by atoms with E-state index in [0.29, 0.717) is 23.4 Å². The molecule has 7 nitrogen and oxygen atoms in total. The van der Waals surface area contributed by atoms with Gasteiger partial charge in [-0.2, -0.15) is 0 Å². The number of nitrogens with zero attached hydrogens (tertiary/aromatic N) is 2. The summed E-state index contributed by atoms with van der Waals surface area (Å²) in [5.74, 6) is -0.199. The van der Waals surface area contributed by atoms with E-state index in [0.717, 1.165) is 51.3 Å². The molecule has 2 amide bonds. The van der Waals surface area contributed by atoms with Gasteiger partial charge in [0, 0.05) is 44.8 Å². The first-order valence-electron chi connectivity index (χ1n) is 12.5. The zero-order valence-electron chi connectivity index (χ0n) is 20.6. The predicted octanol–water partition coefficient (Wildman–Crippen LogP) is 3.30. The van der Waals surface area contributed by atoms with Crippen LogP contribution in [0.3, 0.4) is 0 Å². The van der Waals surface area contributed by atoms with E-state index in [4.69, 9.17) is 10.5 Å². The quantitative estimate of drug-likeness (QED) is 0.406. The van der Waals surface area contributed by atoms with Gasteiger partial charge in [0.15, 0.2) is 0 Å². The predicted molar refractivity (Wildman–Crippen MR) is 141 cm³/mol. The number of primary amides is 1. The second-order valence-electron chi connectivity index (χ2n) is 9.06. The Morgan fingerprint density at radius 3 is 2.31 bits per heavy atom. The summed E-state index contributed by atoms with van der Waals surface area (Å²) in [6.07, 6.45) is 0.914. The van der Waals surface area contributed by atoms with Crippen LogP contribution in [0.2, 0.25) is 0 Å². The molecule has 1 heterocycles. The molecule has 1 saturated heterocycles. The summed E-state index contributed by atoms with van der Waals surface area (Å²) >= 11 is 0. The van der Waals surface area contributed by atoms with E-state index in [2.05, 4.69) is 45.4 Å². The number of nitrogens with one attached hydrogen (secondary N) is 1. The Morgan fingerprint density at radius 1 is 0.833 bits per heavy atom. The van der Waals surface area contributed by atoms with Gasteiger partial charge in [0.25, 0.3) is 11.8 Å². The van der Waals surface area contributed by atoms with Gasteiger partial charge in [-0.05, 0) is 48.4 Å². The summed E-state index contributed by atoms with van der Waals surface area (Å²) in [6, 6.07) is 24.8. The van der Waals surface area contributed by atoms with Crippen molar-refractivity contribution in [3.8, 4) is 5.75 Å². The van der Waals surface area contributed by atoms with Crippen LogP contribution in [0.4, 0.5) is 0 Å². The van der Waals surface area contributed by atoms with Crippen molar-refractivity contribution < 1.29 is 14.3 Å². The number of para-hydroxylation sites is 1. The van der Waals surface area contributed by atoms with E-state index < -0.39 is 5.91 Å². The summed E-state index contributed by atoms with van der Waals surface area (Å²) in [5.41, 5.74) is 8.54. The molecule has 0 radical (unpaired) electrons. The van der Waals surface area contributed by atoms with Crippen molar-refractivity contribution in [2.45, 2.75) is 19.6 Å². The summed E-state index contributed by atoms with van der Waals surface area (Å²) in [6.45, 7) is 7.11. The molecule has 0 spiro atoms. The fraction of sp³-hybridized carbons (Fsp3) is 0.310. The van der Waals surface area contributed by atoms with E-state index >= 15 is 0 Å². The summed E-state index contributed by atoms with van der Waals surface area (Å²) in [5, 5.41) is 3.03. The van der Waals surface area contributed by atoms with Crippen LogP contribution in [-0.2, 0) is 13.2 Å². The van der Waals surface area contributed by atoms with Gasteiger partial charge in [0.1, 0.15) is 12.4 Å². The average molecular weight is 487 g/mol. The number of rotatable bonds is 11. The molecule has 1 fully saturated rings. The topological polar surface area (TPSA) is 87.9 Å². The molecule has 7 heteroatoms. The molecule has 3 N–H and O–H groups in total. The number of nitrogens with two attached hydrogens (primary N) is 1. The third kappa shape index (κ3) is 7.41. The summed E-state index contributed by atoms with van der Waals surface area (Å²) in [4.78, 5) is 29.2. The van der Waals surface area contributed by atoms with E-state index in [-0.39, 0.29) is 12.5 Å². The number of carbonyl (C=O) groups excluding carboxylic acids is 2. The van der Waals surface area contributed by atoms with Crippen molar-refractivity contribution >= 4 is 11.8 Å². The molecule has 0 aromatic heterocycles. The summed E-state index contributed by atoms with van der Waals surface area (Å²) in [7, 11) is 0. The summed E-state index contributed by atoms with van der Waals surface area (Å²) < 4.78 is 5.78. The Morgan fingerprint density at radius 2 is 1.53 bits per heavy atom. The van der Waals surface area contributed by atoms with Gasteiger partial charge in [-0.1, -0.05) is 54.6 Å². The molecule has 0 unspecified atom stereocenters. The van der Waals surface area contributed by atoms with Gasteiger partial charge in [0.2, 0.25) is 0 Å². The fourth-order valence-electron chi connectivity index (χ4n) is 4.38. The molecule has 188 valence electrons. The number of ether oxygens (including phenoxy) is 1. The highest BCUT2D eigenvalue weighted by molar-refractivity contribution is 5.95. The first-order chi connectivity index (χ1) is 17.6. The van der Waals surface area contributed by atoms with Crippen molar-refractivity contribution in [2.75, 3.05) is 39.3 Å². The maximum atomic E-state index is 12.6. The SMILES string of the molecule is NC(=O)c1ccccc1OCc1cccc(C(=O)NCCCN2CCN(Cc3ccccc3)CC2)c1. The Kier molecular flexibility index (Phi) is 9.08. The molecule has 3 aromatic rings. The van der Waals surface area contributed by atoms with Crippen molar-refractivity contribution in [3.63, 3.8) is 0 Å². The second-order valence-corrected chi connectivity index (χ2v) is 9.06. The van der Waals surface area contributed by atoms with Crippen LogP contribution in [0.25, 0.3) is 0 Å². The zero-order valence-corrected chi connectivity index (χ0v) is 20.6. The Labute approximate surface area is 212 Å². The molecular weight excluding hydrogens is 452 g/mol. The van der Waals surface area contributed by atoms with Crippen molar-refractivity contribution in [2.24, 2.45) is 5.73 Å². The lowest BCUT2D eigenvalue weighted by Crippen LogP contribution is -2.46. The van der Waals surface area contributed by atoms with Crippen molar-refractivity contribution in [3.05, 3.63) is 101 Å². The van der Waals surface area contributed by atoms with Gasteiger partial charge < -0.3 is 20.7 Å². The number of hydrogen-bond donors (Lipinski definition) is 2. The van der Waals surface area contributed by atoms with Gasteiger partial charge >= 0.3 is 0 Å². The van der Waals surface area contributed by atoms with Gasteiger partial charge in [-0.25, -0.2) is 0 Å². The van der Waals surface area contributed by atoms with Crippen LogP contribution in [0.5, 0.6) is 5.75 Å². The first kappa shape index (κ1) is 25.4. The Balaban J connectivity index is 1.16. The van der Waals surface area contributed by atoms with Crippen molar-refractivity contribution in [1.29, 1.82) is 0 Å². The first-order valence-corrected chi connectivity index (χ1v) is 12.5. The van der Waals surface area contributed by atoms with Crippen LogP contribution < -0.4 is 15.8 Å². The highest BCUT2D eigenvalue weighted by Gasteiger charge is 2.16. The largest absolute Gasteiger partial charge is 0.488 e. The lowest BCUT2D eigenvalue weighted by molar-refractivity contribution is 0.0946. The van der Waals surface area contributed by atoms with Crippen LogP contribution in [-0.4, -0.2) is 60.9 Å². The van der Waals surface area contributed by atoms with E-state index in [1.165, 1.54) is 5.56 Å². The van der Waals surface area contributed by atoms with Crippen LogP contribution in [0.1, 0.15) is 38.3 Å². The highest BCUT2D eigenvalue weighted by atomic mass is 16.5. The molecule has 0 atom stereocenters. The molecular formula is C29H34N4O3. The highest BCUT2D eigenvalue weighted by Crippen LogP contribution is 2.19. The number of carbonyl (C=O) groups is 2. The lowest BCUT2D eigenvalue weighted by atomic mass is 10.1. The standard InChI is InChI=1S/C29H34N4O3/c30-28(34)26-12-4-5-13-27(26)36-22-24-10-6-11-25(20-24)29(35)31-14-7-15-32-16-18-33(19-17-32)21-23-8-2-1-3-9-23/h1-6,8-13,20H,7,14-19,21-22H2,(H2,30,34)(H,31,35). The van der Waals surface area contributed by atoms with Gasteiger partial charge in [-0.3, -0.25) is 14.5 Å². The minimum absolute atomic E-state index is 0.0953. The van der Waals surface area contributed by atoms with E-state index in [1.54, 1.807) is 30.3 Å². The number of benzene rings is 3. The third-order valence-corrected chi connectivity index (χ3v) is 6.39. The number of amides is 2. The molecule has 0 aliphatic carbocycles. The smallest absolute Gasteiger partial charge is 0.252 e. The zero-order chi connectivity index (χ0) is 25.2. The molecule has 1 aliphatic rings. The normalized spacial score (nSPS) is 14.3. The van der Waals surface area contributed by atoms with Crippen LogP contribution >= 0.6 is 0 Å². The van der Waals surface area contributed by atoms with Crippen LogP contribution in [0, 0.1) is 0 Å². The second kappa shape index (κ2) is 12.9.